The van der Waals surface area contributed by atoms with Gasteiger partial charge in [0.15, 0.2) is 0 Å². The second kappa shape index (κ2) is 6.00. The number of urea groups is 1. The van der Waals surface area contributed by atoms with Crippen molar-refractivity contribution < 1.29 is 14.7 Å². The Morgan fingerprint density at radius 1 is 1.37 bits per heavy atom. The lowest BCUT2D eigenvalue weighted by Crippen LogP contribution is -2.51. The van der Waals surface area contributed by atoms with Gasteiger partial charge in [0.25, 0.3) is 0 Å². The molecule has 0 aromatic rings. The van der Waals surface area contributed by atoms with Crippen LogP contribution < -0.4 is 0 Å². The highest BCUT2D eigenvalue weighted by Gasteiger charge is 2.39. The number of hydrogen-bond acceptors (Lipinski definition) is 4. The molecule has 0 aliphatic carbocycles. The molecule has 0 bridgehead atoms. The topological polar surface area (TPSA) is 64.1 Å². The molecule has 2 aliphatic heterocycles. The molecular formula is C12H21N3O3S. The highest BCUT2D eigenvalue weighted by atomic mass is 32.2. The van der Waals surface area contributed by atoms with Gasteiger partial charge < -0.3 is 19.8 Å². The van der Waals surface area contributed by atoms with Gasteiger partial charge >= 0.3 is 12.0 Å². The largest absolute Gasteiger partial charge is 0.480 e. The standard InChI is InChI=1S/C12H21N3O3S/c1-13(2)6-9-4-3-5-14(9)12(18)15-8-19-7-10(15)11(16)17/h9-10H,3-8H2,1-2H3,(H,16,17). The van der Waals surface area contributed by atoms with E-state index in [1.807, 2.05) is 19.0 Å². The van der Waals surface area contributed by atoms with Crippen LogP contribution in [0, 0.1) is 0 Å². The van der Waals surface area contributed by atoms with Crippen LogP contribution in [0.3, 0.4) is 0 Å². The summed E-state index contributed by atoms with van der Waals surface area (Å²) < 4.78 is 0. The highest BCUT2D eigenvalue weighted by Crippen LogP contribution is 2.26. The number of aliphatic carboxylic acids is 1. The maximum absolute atomic E-state index is 12.5. The van der Waals surface area contributed by atoms with Crippen molar-refractivity contribution in [3.8, 4) is 0 Å². The van der Waals surface area contributed by atoms with E-state index < -0.39 is 12.0 Å². The van der Waals surface area contributed by atoms with Crippen molar-refractivity contribution in [2.45, 2.75) is 24.9 Å². The number of likely N-dealkylation sites (N-methyl/N-ethyl adjacent to an activating group) is 1. The van der Waals surface area contributed by atoms with Gasteiger partial charge in [0.2, 0.25) is 0 Å². The Balaban J connectivity index is 2.04. The molecule has 19 heavy (non-hydrogen) atoms. The van der Waals surface area contributed by atoms with E-state index in [1.54, 1.807) is 0 Å². The molecule has 108 valence electrons. The van der Waals surface area contributed by atoms with Crippen LogP contribution in [0.5, 0.6) is 0 Å². The van der Waals surface area contributed by atoms with E-state index in [4.69, 9.17) is 5.11 Å². The maximum atomic E-state index is 12.5. The van der Waals surface area contributed by atoms with Crippen molar-refractivity contribution in [1.82, 2.24) is 14.7 Å². The van der Waals surface area contributed by atoms with Crippen molar-refractivity contribution in [2.24, 2.45) is 0 Å². The molecule has 2 unspecified atom stereocenters. The van der Waals surface area contributed by atoms with E-state index in [9.17, 15) is 9.59 Å². The van der Waals surface area contributed by atoms with E-state index in [2.05, 4.69) is 4.90 Å². The quantitative estimate of drug-likeness (QED) is 0.823. The number of carboxylic acids is 1. The van der Waals surface area contributed by atoms with E-state index in [0.29, 0.717) is 11.6 Å². The molecule has 0 aromatic heterocycles. The fraction of sp³-hybridized carbons (Fsp3) is 0.833. The zero-order valence-corrected chi connectivity index (χ0v) is 12.2. The summed E-state index contributed by atoms with van der Waals surface area (Å²) >= 11 is 1.51. The number of carbonyl (C=O) groups excluding carboxylic acids is 1. The Bertz CT molecular complexity index is 364. The van der Waals surface area contributed by atoms with Gasteiger partial charge in [-0.05, 0) is 26.9 Å². The van der Waals surface area contributed by atoms with Gasteiger partial charge in [0, 0.05) is 24.9 Å². The van der Waals surface area contributed by atoms with Crippen LogP contribution in [0.2, 0.25) is 0 Å². The molecule has 7 heteroatoms. The minimum Gasteiger partial charge on any atom is -0.480 e. The van der Waals surface area contributed by atoms with Gasteiger partial charge in [-0.2, -0.15) is 0 Å². The Kier molecular flexibility index (Phi) is 4.57. The van der Waals surface area contributed by atoms with Gasteiger partial charge in [-0.1, -0.05) is 0 Å². The average Bonchev–Trinajstić information content (AvgIpc) is 2.94. The molecule has 2 fully saturated rings. The summed E-state index contributed by atoms with van der Waals surface area (Å²) in [5.41, 5.74) is 0. The first kappa shape index (κ1) is 14.5. The summed E-state index contributed by atoms with van der Waals surface area (Å²) in [5, 5.41) is 9.15. The Labute approximate surface area is 117 Å². The summed E-state index contributed by atoms with van der Waals surface area (Å²) in [6, 6.07) is -0.567. The first-order valence-corrected chi connectivity index (χ1v) is 7.68. The third-order valence-electron chi connectivity index (χ3n) is 3.61. The number of amides is 2. The second-order valence-electron chi connectivity index (χ2n) is 5.36. The number of likely N-dealkylation sites (tertiary alicyclic amines) is 1. The van der Waals surface area contributed by atoms with E-state index in [-0.39, 0.29) is 12.1 Å². The van der Waals surface area contributed by atoms with Crippen LogP contribution >= 0.6 is 11.8 Å². The lowest BCUT2D eigenvalue weighted by Gasteiger charge is -2.32. The Morgan fingerprint density at radius 3 is 2.74 bits per heavy atom. The number of rotatable bonds is 3. The van der Waals surface area contributed by atoms with Gasteiger partial charge in [0.1, 0.15) is 6.04 Å². The average molecular weight is 287 g/mol. The number of nitrogens with zero attached hydrogens (tertiary/aromatic N) is 3. The molecule has 0 radical (unpaired) electrons. The molecule has 6 nitrogen and oxygen atoms in total. The maximum Gasteiger partial charge on any atom is 0.327 e. The molecule has 0 aromatic carbocycles. The van der Waals surface area contributed by atoms with Gasteiger partial charge in [-0.3, -0.25) is 0 Å². The first-order valence-electron chi connectivity index (χ1n) is 6.53. The highest BCUT2D eigenvalue weighted by molar-refractivity contribution is 7.99. The zero-order chi connectivity index (χ0) is 14.0. The summed E-state index contributed by atoms with van der Waals surface area (Å²) in [6.07, 6.45) is 2.01. The molecule has 2 rings (SSSR count). The van der Waals surface area contributed by atoms with Crippen LogP contribution in [0.4, 0.5) is 4.79 Å². The predicted molar refractivity (Wildman–Crippen MR) is 74.3 cm³/mol. The first-order chi connectivity index (χ1) is 9.00. The second-order valence-corrected chi connectivity index (χ2v) is 6.36. The SMILES string of the molecule is CN(C)CC1CCCN1C(=O)N1CSCC1C(=O)O. The van der Waals surface area contributed by atoms with Crippen LogP contribution in [-0.4, -0.2) is 82.7 Å². The van der Waals surface area contributed by atoms with Crippen LogP contribution in [0.25, 0.3) is 0 Å². The van der Waals surface area contributed by atoms with Crippen molar-refractivity contribution in [3.63, 3.8) is 0 Å². The molecular weight excluding hydrogens is 266 g/mol. The zero-order valence-electron chi connectivity index (χ0n) is 11.4. The van der Waals surface area contributed by atoms with Crippen LogP contribution in [0.15, 0.2) is 0 Å². The fourth-order valence-electron chi connectivity index (χ4n) is 2.70. The minimum atomic E-state index is -0.901. The molecule has 1 N–H and O–H groups in total. The lowest BCUT2D eigenvalue weighted by molar-refractivity contribution is -0.141. The Morgan fingerprint density at radius 2 is 2.11 bits per heavy atom. The summed E-state index contributed by atoms with van der Waals surface area (Å²) in [7, 11) is 3.99. The molecule has 2 atom stereocenters. The van der Waals surface area contributed by atoms with Crippen molar-refractivity contribution in [1.29, 1.82) is 0 Å². The van der Waals surface area contributed by atoms with E-state index in [1.165, 1.54) is 16.7 Å². The van der Waals surface area contributed by atoms with E-state index in [0.717, 1.165) is 25.9 Å². The summed E-state index contributed by atoms with van der Waals surface area (Å²) in [4.78, 5) is 29.1. The number of carbonyl (C=O) groups is 2. The molecule has 0 spiro atoms. The molecule has 2 aliphatic rings. The van der Waals surface area contributed by atoms with Gasteiger partial charge in [0.05, 0.1) is 5.88 Å². The number of hydrogen-bond donors (Lipinski definition) is 1. The van der Waals surface area contributed by atoms with Gasteiger partial charge in [-0.25, -0.2) is 9.59 Å². The van der Waals surface area contributed by atoms with E-state index >= 15 is 0 Å². The minimum absolute atomic E-state index is 0.109. The van der Waals surface area contributed by atoms with Crippen molar-refractivity contribution in [2.75, 3.05) is 38.8 Å². The van der Waals surface area contributed by atoms with Gasteiger partial charge in [-0.15, -0.1) is 11.8 Å². The summed E-state index contributed by atoms with van der Waals surface area (Å²) in [6.45, 7) is 1.58. The fourth-order valence-corrected chi connectivity index (χ4v) is 3.84. The van der Waals surface area contributed by atoms with Crippen molar-refractivity contribution >= 4 is 23.8 Å². The molecule has 2 heterocycles. The molecule has 0 saturated carbocycles. The third-order valence-corrected chi connectivity index (χ3v) is 4.62. The van der Waals surface area contributed by atoms with Crippen LogP contribution in [-0.2, 0) is 4.79 Å². The molecule has 2 saturated heterocycles. The Hall–Kier alpha value is -0.950. The monoisotopic (exact) mass is 287 g/mol. The predicted octanol–water partition coefficient (Wildman–Crippen LogP) is 0.592. The summed E-state index contributed by atoms with van der Waals surface area (Å²) in [5.74, 6) is 0.0792. The number of thioether (sulfide) groups is 1. The molecule has 2 amide bonds. The number of carboxylic acid groups (broad SMARTS) is 1. The normalized spacial score (nSPS) is 27.3. The van der Waals surface area contributed by atoms with Crippen molar-refractivity contribution in [3.05, 3.63) is 0 Å². The van der Waals surface area contributed by atoms with Crippen LogP contribution in [0.1, 0.15) is 12.8 Å². The smallest absolute Gasteiger partial charge is 0.327 e. The lowest BCUT2D eigenvalue weighted by atomic mass is 10.2. The third kappa shape index (κ3) is 3.14.